The number of aromatic nitrogens is 4. The average molecular weight is 462 g/mol. The molecule has 2 aromatic carbocycles. The minimum absolute atomic E-state index is 0.0706. The molecular formula is C23H23N7O2S. The van der Waals surface area contributed by atoms with Gasteiger partial charge in [0.1, 0.15) is 5.82 Å². The Labute approximate surface area is 191 Å². The van der Waals surface area contributed by atoms with Crippen LogP contribution in [0.15, 0.2) is 59.8 Å². The predicted octanol–water partition coefficient (Wildman–Crippen LogP) is 3.32. The van der Waals surface area contributed by atoms with Crippen LogP contribution in [0.1, 0.15) is 18.1 Å². The zero-order valence-electron chi connectivity index (χ0n) is 18.1. The summed E-state index contributed by atoms with van der Waals surface area (Å²) in [5.41, 5.74) is 3.00. The van der Waals surface area contributed by atoms with Crippen LogP contribution in [0.3, 0.4) is 0 Å². The van der Waals surface area contributed by atoms with Crippen molar-refractivity contribution in [1.82, 2.24) is 20.2 Å². The molecule has 5 N–H and O–H groups in total. The van der Waals surface area contributed by atoms with Crippen molar-refractivity contribution >= 4 is 38.1 Å². The maximum absolute atomic E-state index is 11.9. The number of H-pyrrole nitrogens is 1. The van der Waals surface area contributed by atoms with Crippen LogP contribution in [0.4, 0.5) is 17.5 Å². The summed E-state index contributed by atoms with van der Waals surface area (Å²) in [5.74, 6) is 7.09. The van der Waals surface area contributed by atoms with Gasteiger partial charge in [-0.15, -0.1) is 0 Å². The Morgan fingerprint density at radius 1 is 1.15 bits per heavy atom. The standard InChI is InChI=1S/C23H23N7O2S/c1-15(14-31)27-22-17(7-6-16-4-3-5-21-20(16)13-26-30-21)12-25-23(29-22)28-18-8-10-19(11-9-18)33(2,24)32/h3-5,8-13,15,24,31H,14H2,1-2H3,(H,26,30)(H2,25,27,28,29)/t15-,33?/m1/s1. The topological polar surface area (TPSA) is 140 Å². The lowest BCUT2D eigenvalue weighted by molar-refractivity contribution is 0.281. The molecule has 168 valence electrons. The van der Waals surface area contributed by atoms with Gasteiger partial charge in [0.25, 0.3) is 0 Å². The first kappa shape index (κ1) is 22.3. The van der Waals surface area contributed by atoms with Crippen LogP contribution in [-0.4, -0.2) is 48.4 Å². The van der Waals surface area contributed by atoms with Crippen molar-refractivity contribution in [3.8, 4) is 11.8 Å². The lowest BCUT2D eigenvalue weighted by atomic mass is 10.1. The molecule has 33 heavy (non-hydrogen) atoms. The highest BCUT2D eigenvalue weighted by atomic mass is 32.2. The highest BCUT2D eigenvalue weighted by Crippen LogP contribution is 2.20. The molecule has 1 unspecified atom stereocenters. The zero-order valence-corrected chi connectivity index (χ0v) is 18.9. The number of nitrogens with zero attached hydrogens (tertiary/aromatic N) is 3. The van der Waals surface area contributed by atoms with E-state index in [1.54, 1.807) is 36.7 Å². The first-order valence-corrected chi connectivity index (χ1v) is 12.1. The molecule has 0 saturated carbocycles. The van der Waals surface area contributed by atoms with E-state index in [9.17, 15) is 9.32 Å². The highest BCUT2D eigenvalue weighted by Gasteiger charge is 2.10. The number of aliphatic hydroxyl groups is 1. The van der Waals surface area contributed by atoms with Gasteiger partial charge in [-0.1, -0.05) is 17.9 Å². The van der Waals surface area contributed by atoms with Crippen LogP contribution in [0, 0.1) is 16.6 Å². The fourth-order valence-corrected chi connectivity index (χ4v) is 3.72. The van der Waals surface area contributed by atoms with Crippen molar-refractivity contribution in [2.45, 2.75) is 17.9 Å². The SMILES string of the molecule is C[C@H](CO)Nc1nc(Nc2ccc(S(C)(=N)=O)cc2)ncc1C#Cc1cccc2[nH]ncc12. The summed E-state index contributed by atoms with van der Waals surface area (Å²) < 4.78 is 19.5. The second-order valence-corrected chi connectivity index (χ2v) is 9.72. The van der Waals surface area contributed by atoms with Crippen molar-refractivity contribution in [2.75, 3.05) is 23.5 Å². The lowest BCUT2D eigenvalue weighted by Crippen LogP contribution is -2.21. The van der Waals surface area contributed by atoms with E-state index in [1.807, 2.05) is 25.1 Å². The molecule has 9 nitrogen and oxygen atoms in total. The smallest absolute Gasteiger partial charge is 0.229 e. The van der Waals surface area contributed by atoms with E-state index in [0.717, 1.165) is 16.5 Å². The van der Waals surface area contributed by atoms with Gasteiger partial charge in [0.2, 0.25) is 5.95 Å². The Hall–Kier alpha value is -3.94. The van der Waals surface area contributed by atoms with Gasteiger partial charge in [0.05, 0.1) is 39.8 Å². The van der Waals surface area contributed by atoms with Gasteiger partial charge in [-0.3, -0.25) is 5.10 Å². The van der Waals surface area contributed by atoms with E-state index in [0.29, 0.717) is 27.9 Å². The zero-order chi connectivity index (χ0) is 23.4. The molecule has 2 heterocycles. The van der Waals surface area contributed by atoms with Crippen molar-refractivity contribution < 1.29 is 9.32 Å². The molecule has 0 spiro atoms. The molecule has 10 heteroatoms. The van der Waals surface area contributed by atoms with Crippen molar-refractivity contribution in [1.29, 1.82) is 4.78 Å². The monoisotopic (exact) mass is 461 g/mol. The maximum Gasteiger partial charge on any atom is 0.229 e. The molecule has 4 rings (SSSR count). The summed E-state index contributed by atoms with van der Waals surface area (Å²) in [7, 11) is -2.77. The molecule has 0 amide bonds. The largest absolute Gasteiger partial charge is 0.394 e. The fraction of sp³-hybridized carbons (Fsp3) is 0.174. The van der Waals surface area contributed by atoms with E-state index in [-0.39, 0.29) is 12.6 Å². The summed E-state index contributed by atoms with van der Waals surface area (Å²) in [5, 5.41) is 23.7. The van der Waals surface area contributed by atoms with Crippen LogP contribution in [-0.2, 0) is 9.73 Å². The number of fused-ring (bicyclic) bond motifs is 1. The number of hydrogen-bond acceptors (Lipinski definition) is 8. The summed E-state index contributed by atoms with van der Waals surface area (Å²) in [6.07, 6.45) is 4.73. The second-order valence-electron chi connectivity index (χ2n) is 7.56. The molecule has 0 bridgehead atoms. The summed E-state index contributed by atoms with van der Waals surface area (Å²) in [6, 6.07) is 12.2. The van der Waals surface area contributed by atoms with Crippen molar-refractivity contribution in [2.24, 2.45) is 0 Å². The number of nitrogens with one attached hydrogen (secondary N) is 4. The molecule has 0 fully saturated rings. The second kappa shape index (κ2) is 9.28. The molecular weight excluding hydrogens is 438 g/mol. The third-order valence-electron chi connectivity index (χ3n) is 4.82. The van der Waals surface area contributed by atoms with E-state index in [4.69, 9.17) is 4.78 Å². The first-order chi connectivity index (χ1) is 15.8. The number of benzene rings is 2. The van der Waals surface area contributed by atoms with E-state index < -0.39 is 9.73 Å². The highest BCUT2D eigenvalue weighted by molar-refractivity contribution is 7.91. The quantitative estimate of drug-likeness (QED) is 0.278. The van der Waals surface area contributed by atoms with Gasteiger partial charge in [0, 0.05) is 33.8 Å². The van der Waals surface area contributed by atoms with Crippen LogP contribution < -0.4 is 10.6 Å². The van der Waals surface area contributed by atoms with Gasteiger partial charge in [0.15, 0.2) is 0 Å². The Balaban J connectivity index is 1.64. The molecule has 0 aliphatic heterocycles. The van der Waals surface area contributed by atoms with Crippen LogP contribution >= 0.6 is 0 Å². The van der Waals surface area contributed by atoms with Crippen LogP contribution in [0.25, 0.3) is 10.9 Å². The third kappa shape index (κ3) is 5.28. The Bertz CT molecular complexity index is 1450. The number of aliphatic hydroxyl groups excluding tert-OH is 1. The van der Waals surface area contributed by atoms with Crippen molar-refractivity contribution in [3.63, 3.8) is 0 Å². The minimum atomic E-state index is -2.77. The average Bonchev–Trinajstić information content (AvgIpc) is 3.28. The van der Waals surface area contributed by atoms with Crippen molar-refractivity contribution in [3.05, 3.63) is 66.0 Å². The van der Waals surface area contributed by atoms with Gasteiger partial charge < -0.3 is 15.7 Å². The van der Waals surface area contributed by atoms with E-state index in [2.05, 4.69) is 42.6 Å². The first-order valence-electron chi connectivity index (χ1n) is 10.1. The number of rotatable bonds is 6. The normalized spacial score (nSPS) is 13.5. The Kier molecular flexibility index (Phi) is 6.26. The van der Waals surface area contributed by atoms with Gasteiger partial charge in [-0.05, 0) is 43.3 Å². The molecule has 2 aromatic heterocycles. The molecule has 2 atom stereocenters. The van der Waals surface area contributed by atoms with Gasteiger partial charge in [-0.2, -0.15) is 10.1 Å². The number of hydrogen-bond donors (Lipinski definition) is 5. The molecule has 0 radical (unpaired) electrons. The summed E-state index contributed by atoms with van der Waals surface area (Å²) >= 11 is 0. The fourth-order valence-electron chi connectivity index (χ4n) is 3.06. The molecule has 4 aromatic rings. The van der Waals surface area contributed by atoms with Crippen LogP contribution in [0.2, 0.25) is 0 Å². The maximum atomic E-state index is 11.9. The van der Waals surface area contributed by atoms with Gasteiger partial charge in [-0.25, -0.2) is 14.0 Å². The number of anilines is 3. The molecule has 0 saturated heterocycles. The minimum Gasteiger partial charge on any atom is -0.394 e. The molecule has 0 aliphatic rings. The predicted molar refractivity (Wildman–Crippen MR) is 129 cm³/mol. The summed E-state index contributed by atoms with van der Waals surface area (Å²) in [4.78, 5) is 9.35. The molecule has 0 aliphatic carbocycles. The Morgan fingerprint density at radius 3 is 2.64 bits per heavy atom. The van der Waals surface area contributed by atoms with Crippen LogP contribution in [0.5, 0.6) is 0 Å². The Morgan fingerprint density at radius 2 is 1.91 bits per heavy atom. The van der Waals surface area contributed by atoms with Gasteiger partial charge >= 0.3 is 0 Å². The summed E-state index contributed by atoms with van der Waals surface area (Å²) in [6.45, 7) is 1.76. The lowest BCUT2D eigenvalue weighted by Gasteiger charge is -2.14. The number of aromatic amines is 1. The third-order valence-corrected chi connectivity index (χ3v) is 5.99. The van der Waals surface area contributed by atoms with E-state index >= 15 is 0 Å². The van der Waals surface area contributed by atoms with E-state index in [1.165, 1.54) is 6.26 Å².